The zero-order valence-electron chi connectivity index (χ0n) is 12.8. The molecule has 0 unspecified atom stereocenters. The maximum atomic E-state index is 9.47. The molecule has 19 heavy (non-hydrogen) atoms. The summed E-state index contributed by atoms with van der Waals surface area (Å²) in [6.07, 6.45) is 18.5. The molecule has 0 saturated heterocycles. The van der Waals surface area contributed by atoms with Crippen LogP contribution in [0.15, 0.2) is 25.3 Å². The van der Waals surface area contributed by atoms with Crippen molar-refractivity contribution in [3.8, 4) is 0 Å². The topological polar surface area (TPSA) is 43.1 Å². The minimum atomic E-state index is -0.481. The molecule has 0 bridgehead atoms. The number of nitrogens with two attached hydrogens (primary N) is 1. The van der Waals surface area contributed by atoms with E-state index in [-0.39, 0.29) is 0 Å². The van der Waals surface area contributed by atoms with Gasteiger partial charge in [0.05, 0.1) is 0 Å². The lowest BCUT2D eigenvalue weighted by Crippen LogP contribution is -2.04. The number of hydrogen-bond donors (Lipinski definition) is 1. The molecule has 0 aromatic carbocycles. The van der Waals surface area contributed by atoms with Crippen molar-refractivity contribution in [2.45, 2.75) is 77.6 Å². The Balaban J connectivity index is 0. The summed E-state index contributed by atoms with van der Waals surface area (Å²) in [6, 6.07) is 0. The van der Waals surface area contributed by atoms with Gasteiger partial charge in [-0.25, -0.2) is 0 Å². The second-order valence-electron chi connectivity index (χ2n) is 4.87. The maximum absolute atomic E-state index is 9.47. The molecule has 0 atom stereocenters. The highest BCUT2D eigenvalue weighted by atomic mass is 16.1. The van der Waals surface area contributed by atoms with Gasteiger partial charge in [0.1, 0.15) is 0 Å². The monoisotopic (exact) mass is 267 g/mol. The minimum Gasteiger partial charge on any atom is -0.366 e. The van der Waals surface area contributed by atoms with Gasteiger partial charge < -0.3 is 5.73 Å². The SMILES string of the molecule is C=CC(N)=O.C=CCCCCCCCCCCCC. The summed E-state index contributed by atoms with van der Waals surface area (Å²) in [5, 5.41) is 0. The second kappa shape index (κ2) is 19.3. The molecule has 2 N–H and O–H groups in total. The maximum Gasteiger partial charge on any atom is 0.240 e. The average molecular weight is 267 g/mol. The van der Waals surface area contributed by atoms with Gasteiger partial charge in [-0.3, -0.25) is 4.79 Å². The van der Waals surface area contributed by atoms with E-state index < -0.39 is 5.91 Å². The quantitative estimate of drug-likeness (QED) is 0.297. The van der Waals surface area contributed by atoms with Crippen molar-refractivity contribution in [3.05, 3.63) is 25.3 Å². The lowest BCUT2D eigenvalue weighted by atomic mass is 10.1. The van der Waals surface area contributed by atoms with E-state index in [0.29, 0.717) is 0 Å². The van der Waals surface area contributed by atoms with Crippen molar-refractivity contribution in [1.29, 1.82) is 0 Å². The molecular weight excluding hydrogens is 234 g/mol. The van der Waals surface area contributed by atoms with Gasteiger partial charge in [0.2, 0.25) is 5.91 Å². The fourth-order valence-corrected chi connectivity index (χ4v) is 1.78. The normalized spacial score (nSPS) is 9.32. The van der Waals surface area contributed by atoms with Gasteiger partial charge in [0.25, 0.3) is 0 Å². The smallest absolute Gasteiger partial charge is 0.240 e. The average Bonchev–Trinajstić information content (AvgIpc) is 2.41. The highest BCUT2D eigenvalue weighted by Crippen LogP contribution is 2.11. The molecule has 0 aromatic heterocycles. The van der Waals surface area contributed by atoms with E-state index in [2.05, 4.69) is 25.8 Å². The van der Waals surface area contributed by atoms with Crippen LogP contribution in [0.25, 0.3) is 0 Å². The number of hydrogen-bond acceptors (Lipinski definition) is 1. The summed E-state index contributed by atoms with van der Waals surface area (Å²) in [6.45, 7) is 9.10. The third-order valence-corrected chi connectivity index (χ3v) is 2.96. The summed E-state index contributed by atoms with van der Waals surface area (Å²) in [5.74, 6) is -0.481. The van der Waals surface area contributed by atoms with Crippen molar-refractivity contribution < 1.29 is 4.79 Å². The summed E-state index contributed by atoms with van der Waals surface area (Å²) in [4.78, 5) is 9.47. The molecule has 0 saturated carbocycles. The molecular formula is C17H33NO. The van der Waals surface area contributed by atoms with E-state index in [9.17, 15) is 4.79 Å². The Morgan fingerprint density at radius 3 is 1.58 bits per heavy atom. The Morgan fingerprint density at radius 2 is 1.26 bits per heavy atom. The molecule has 0 aliphatic rings. The molecule has 0 rings (SSSR count). The number of primary amides is 1. The van der Waals surface area contributed by atoms with Crippen molar-refractivity contribution in [3.63, 3.8) is 0 Å². The van der Waals surface area contributed by atoms with E-state index in [0.717, 1.165) is 6.08 Å². The van der Waals surface area contributed by atoms with Gasteiger partial charge in [0.15, 0.2) is 0 Å². The number of unbranched alkanes of at least 4 members (excludes halogenated alkanes) is 10. The Kier molecular flexibility index (Phi) is 20.6. The number of allylic oxidation sites excluding steroid dienone is 1. The van der Waals surface area contributed by atoms with Crippen LogP contribution in [0.4, 0.5) is 0 Å². The van der Waals surface area contributed by atoms with E-state index in [4.69, 9.17) is 0 Å². The highest BCUT2D eigenvalue weighted by molar-refractivity contribution is 5.84. The van der Waals surface area contributed by atoms with Gasteiger partial charge in [0, 0.05) is 0 Å². The number of amides is 1. The van der Waals surface area contributed by atoms with Crippen LogP contribution in [0, 0.1) is 0 Å². The van der Waals surface area contributed by atoms with E-state index in [1.807, 2.05) is 6.08 Å². The standard InChI is InChI=1S/C14H28.C3H5NO/c1-3-5-7-9-11-13-14-12-10-8-6-4-2;1-2-3(4)5/h3H,1,4-14H2,2H3;2H,1H2,(H2,4,5). The third kappa shape index (κ3) is 26.5. The summed E-state index contributed by atoms with van der Waals surface area (Å²) >= 11 is 0. The molecule has 2 nitrogen and oxygen atoms in total. The van der Waals surface area contributed by atoms with Crippen LogP contribution in [-0.2, 0) is 4.79 Å². The fraction of sp³-hybridized carbons (Fsp3) is 0.706. The van der Waals surface area contributed by atoms with E-state index in [1.54, 1.807) is 0 Å². The molecule has 1 amide bonds. The Morgan fingerprint density at radius 1 is 0.895 bits per heavy atom. The Hall–Kier alpha value is -1.05. The predicted molar refractivity (Wildman–Crippen MR) is 86.0 cm³/mol. The largest absolute Gasteiger partial charge is 0.366 e. The van der Waals surface area contributed by atoms with Crippen LogP contribution in [0.5, 0.6) is 0 Å². The van der Waals surface area contributed by atoms with Crippen molar-refractivity contribution in [1.82, 2.24) is 0 Å². The van der Waals surface area contributed by atoms with Crippen molar-refractivity contribution >= 4 is 5.91 Å². The molecule has 0 heterocycles. The first-order valence-corrected chi connectivity index (χ1v) is 7.71. The van der Waals surface area contributed by atoms with Crippen molar-refractivity contribution in [2.24, 2.45) is 5.73 Å². The molecule has 0 aliphatic carbocycles. The van der Waals surface area contributed by atoms with Crippen LogP contribution >= 0.6 is 0 Å². The summed E-state index contributed by atoms with van der Waals surface area (Å²) < 4.78 is 0. The molecule has 2 heteroatoms. The van der Waals surface area contributed by atoms with Crippen LogP contribution < -0.4 is 5.73 Å². The third-order valence-electron chi connectivity index (χ3n) is 2.96. The van der Waals surface area contributed by atoms with Gasteiger partial charge in [-0.15, -0.1) is 6.58 Å². The first-order chi connectivity index (χ1) is 9.18. The molecule has 0 radical (unpaired) electrons. The zero-order chi connectivity index (χ0) is 14.8. The molecule has 112 valence electrons. The van der Waals surface area contributed by atoms with Crippen LogP contribution in [0.1, 0.15) is 77.6 Å². The van der Waals surface area contributed by atoms with E-state index >= 15 is 0 Å². The van der Waals surface area contributed by atoms with Gasteiger partial charge in [-0.1, -0.05) is 77.4 Å². The molecule has 0 fully saturated rings. The Bertz CT molecular complexity index is 211. The molecule has 0 aromatic rings. The molecule has 0 spiro atoms. The second-order valence-corrected chi connectivity index (χ2v) is 4.87. The summed E-state index contributed by atoms with van der Waals surface area (Å²) in [7, 11) is 0. The van der Waals surface area contributed by atoms with Gasteiger partial charge >= 0.3 is 0 Å². The van der Waals surface area contributed by atoms with Crippen LogP contribution in [0.3, 0.4) is 0 Å². The first-order valence-electron chi connectivity index (χ1n) is 7.71. The molecule has 0 aliphatic heterocycles. The van der Waals surface area contributed by atoms with Crippen molar-refractivity contribution in [2.75, 3.05) is 0 Å². The Labute approximate surface area is 120 Å². The van der Waals surface area contributed by atoms with Gasteiger partial charge in [-0.2, -0.15) is 0 Å². The number of rotatable bonds is 12. The first kappa shape index (κ1) is 20.3. The highest BCUT2D eigenvalue weighted by Gasteiger charge is 1.91. The summed E-state index contributed by atoms with van der Waals surface area (Å²) in [5.41, 5.74) is 4.53. The minimum absolute atomic E-state index is 0.481. The lowest BCUT2D eigenvalue weighted by Gasteiger charge is -2.00. The van der Waals surface area contributed by atoms with Crippen LogP contribution in [-0.4, -0.2) is 5.91 Å². The van der Waals surface area contributed by atoms with Crippen LogP contribution in [0.2, 0.25) is 0 Å². The lowest BCUT2D eigenvalue weighted by molar-refractivity contribution is -0.113. The fourth-order valence-electron chi connectivity index (χ4n) is 1.78. The zero-order valence-corrected chi connectivity index (χ0v) is 12.8. The number of carbonyl (C=O) groups is 1. The predicted octanol–water partition coefficient (Wildman–Crippen LogP) is 5.14. The van der Waals surface area contributed by atoms with Gasteiger partial charge in [-0.05, 0) is 18.9 Å². The number of carbonyl (C=O) groups excluding carboxylic acids is 1. The van der Waals surface area contributed by atoms with E-state index in [1.165, 1.54) is 70.6 Å².